The van der Waals surface area contributed by atoms with Gasteiger partial charge in [0.25, 0.3) is 5.91 Å². The first-order valence-corrected chi connectivity index (χ1v) is 9.91. The van der Waals surface area contributed by atoms with Crippen molar-refractivity contribution in [2.24, 2.45) is 5.92 Å². The second-order valence-electron chi connectivity index (χ2n) is 5.97. The molecule has 128 valence electrons. The zero-order valence-electron chi connectivity index (χ0n) is 13.7. The summed E-state index contributed by atoms with van der Waals surface area (Å²) in [6, 6.07) is 3.72. The van der Waals surface area contributed by atoms with Crippen molar-refractivity contribution in [3.8, 4) is 0 Å². The van der Waals surface area contributed by atoms with Crippen molar-refractivity contribution < 1.29 is 9.59 Å². The number of thiophene rings is 1. The van der Waals surface area contributed by atoms with Crippen LogP contribution in [0.4, 0.5) is 0 Å². The molecule has 0 aliphatic carbocycles. The predicted molar refractivity (Wildman–Crippen MR) is 96.5 cm³/mol. The van der Waals surface area contributed by atoms with Crippen LogP contribution in [-0.4, -0.2) is 41.3 Å². The topological polar surface area (TPSA) is 62.3 Å². The lowest BCUT2D eigenvalue weighted by molar-refractivity contribution is -0.126. The Balaban J connectivity index is 1.48. The fourth-order valence-corrected chi connectivity index (χ4v) is 4.25. The Kier molecular flexibility index (Phi) is 5.63. The maximum Gasteiger partial charge on any atom is 0.263 e. The number of nitrogens with one attached hydrogen (secondary N) is 1. The third-order valence-electron chi connectivity index (χ3n) is 4.16. The van der Waals surface area contributed by atoms with E-state index in [2.05, 4.69) is 10.3 Å². The van der Waals surface area contributed by atoms with Crippen molar-refractivity contribution in [3.05, 3.63) is 38.5 Å². The van der Waals surface area contributed by atoms with Gasteiger partial charge in [0.05, 0.1) is 21.5 Å². The molecule has 0 saturated carbocycles. The van der Waals surface area contributed by atoms with Crippen LogP contribution < -0.4 is 5.32 Å². The van der Waals surface area contributed by atoms with Gasteiger partial charge in [-0.15, -0.1) is 22.7 Å². The van der Waals surface area contributed by atoms with E-state index >= 15 is 0 Å². The van der Waals surface area contributed by atoms with Crippen LogP contribution in [0, 0.1) is 12.8 Å². The number of rotatable bonds is 5. The summed E-state index contributed by atoms with van der Waals surface area (Å²) in [6.07, 6.45) is 2.47. The number of hydrogen-bond donors (Lipinski definition) is 1. The molecule has 3 heterocycles. The maximum atomic E-state index is 12.4. The van der Waals surface area contributed by atoms with Crippen LogP contribution in [0.2, 0.25) is 0 Å². The van der Waals surface area contributed by atoms with Crippen molar-refractivity contribution in [3.63, 3.8) is 0 Å². The quantitative estimate of drug-likeness (QED) is 0.888. The van der Waals surface area contributed by atoms with Gasteiger partial charge in [-0.3, -0.25) is 9.59 Å². The maximum absolute atomic E-state index is 12.4. The average Bonchev–Trinajstić information content (AvgIpc) is 3.26. The molecule has 0 radical (unpaired) electrons. The molecule has 2 aromatic heterocycles. The van der Waals surface area contributed by atoms with Gasteiger partial charge in [-0.05, 0) is 31.2 Å². The number of carbonyl (C=O) groups is 2. The molecule has 1 atom stereocenters. The Bertz CT molecular complexity index is 697. The number of thiazole rings is 1. The summed E-state index contributed by atoms with van der Waals surface area (Å²) in [7, 11) is 0. The van der Waals surface area contributed by atoms with E-state index in [4.69, 9.17) is 0 Å². The Morgan fingerprint density at radius 2 is 2.29 bits per heavy atom. The van der Waals surface area contributed by atoms with Gasteiger partial charge >= 0.3 is 0 Å². The fraction of sp³-hybridized carbons (Fsp3) is 0.471. The highest BCUT2D eigenvalue weighted by Crippen LogP contribution is 2.20. The molecule has 1 saturated heterocycles. The standard InChI is InChI=1S/C17H21N3O2S2/c1-12-19-14(11-24-12)6-7-18-16(21)13-4-2-8-20(10-13)17(22)15-5-3-9-23-15/h3,5,9,11,13H,2,4,6-8,10H2,1H3,(H,18,21)/t13-/m1/s1. The van der Waals surface area contributed by atoms with E-state index in [0.29, 0.717) is 13.1 Å². The minimum Gasteiger partial charge on any atom is -0.355 e. The van der Waals surface area contributed by atoms with Gasteiger partial charge in [0, 0.05) is 31.4 Å². The van der Waals surface area contributed by atoms with E-state index in [0.717, 1.165) is 41.4 Å². The van der Waals surface area contributed by atoms with E-state index in [1.165, 1.54) is 11.3 Å². The lowest BCUT2D eigenvalue weighted by atomic mass is 9.97. The number of likely N-dealkylation sites (tertiary alicyclic amines) is 1. The van der Waals surface area contributed by atoms with Crippen molar-refractivity contribution in [2.45, 2.75) is 26.2 Å². The number of piperidine rings is 1. The van der Waals surface area contributed by atoms with E-state index in [9.17, 15) is 9.59 Å². The minimum absolute atomic E-state index is 0.0421. The van der Waals surface area contributed by atoms with Crippen molar-refractivity contribution in [1.82, 2.24) is 15.2 Å². The molecule has 1 N–H and O–H groups in total. The first-order chi connectivity index (χ1) is 11.6. The van der Waals surface area contributed by atoms with Crippen molar-refractivity contribution in [2.75, 3.05) is 19.6 Å². The normalized spacial score (nSPS) is 17.7. The smallest absolute Gasteiger partial charge is 0.263 e. The Morgan fingerprint density at radius 3 is 3.00 bits per heavy atom. The van der Waals surface area contributed by atoms with E-state index in [1.54, 1.807) is 11.3 Å². The molecule has 2 amide bonds. The van der Waals surface area contributed by atoms with Crippen LogP contribution in [0.15, 0.2) is 22.9 Å². The number of aromatic nitrogens is 1. The SMILES string of the molecule is Cc1nc(CCNC(=O)[C@@H]2CCCN(C(=O)c3cccs3)C2)cs1. The molecule has 3 rings (SSSR count). The first-order valence-electron chi connectivity index (χ1n) is 8.15. The molecule has 5 nitrogen and oxygen atoms in total. The molecule has 0 bridgehead atoms. The van der Waals surface area contributed by atoms with Gasteiger partial charge in [0.15, 0.2) is 0 Å². The van der Waals surface area contributed by atoms with Crippen LogP contribution in [0.1, 0.15) is 33.2 Å². The summed E-state index contributed by atoms with van der Waals surface area (Å²) >= 11 is 3.08. The number of carbonyl (C=O) groups excluding carboxylic acids is 2. The van der Waals surface area contributed by atoms with Crippen molar-refractivity contribution >= 4 is 34.5 Å². The first kappa shape index (κ1) is 17.1. The highest BCUT2D eigenvalue weighted by atomic mass is 32.1. The third-order valence-corrected chi connectivity index (χ3v) is 5.84. The molecule has 1 fully saturated rings. The van der Waals surface area contributed by atoms with E-state index in [-0.39, 0.29) is 17.7 Å². The molecular formula is C17H21N3O2S2. The number of amides is 2. The molecule has 1 aliphatic heterocycles. The fourth-order valence-electron chi connectivity index (χ4n) is 2.91. The molecule has 2 aromatic rings. The largest absolute Gasteiger partial charge is 0.355 e. The molecule has 24 heavy (non-hydrogen) atoms. The number of hydrogen-bond acceptors (Lipinski definition) is 5. The monoisotopic (exact) mass is 363 g/mol. The molecule has 7 heteroatoms. The van der Waals surface area contributed by atoms with Gasteiger partial charge in [0.1, 0.15) is 0 Å². The van der Waals surface area contributed by atoms with Gasteiger partial charge in [-0.1, -0.05) is 6.07 Å². The van der Waals surface area contributed by atoms with Crippen LogP contribution >= 0.6 is 22.7 Å². The Labute approximate surface area is 149 Å². The molecule has 0 unspecified atom stereocenters. The lowest BCUT2D eigenvalue weighted by Crippen LogP contribution is -2.45. The molecule has 0 spiro atoms. The molecular weight excluding hydrogens is 342 g/mol. The zero-order chi connectivity index (χ0) is 16.9. The summed E-state index contributed by atoms with van der Waals surface area (Å²) in [5.41, 5.74) is 1.02. The Morgan fingerprint density at radius 1 is 1.42 bits per heavy atom. The van der Waals surface area contributed by atoms with Crippen LogP contribution in [0.3, 0.4) is 0 Å². The number of aryl methyl sites for hydroxylation is 1. The highest BCUT2D eigenvalue weighted by Gasteiger charge is 2.29. The third kappa shape index (κ3) is 4.21. The summed E-state index contributed by atoms with van der Waals surface area (Å²) in [6.45, 7) is 3.82. The number of nitrogens with zero attached hydrogens (tertiary/aromatic N) is 2. The summed E-state index contributed by atoms with van der Waals surface area (Å²) < 4.78 is 0. The van der Waals surface area contributed by atoms with Gasteiger partial charge in [0.2, 0.25) is 5.91 Å². The summed E-state index contributed by atoms with van der Waals surface area (Å²) in [5, 5.41) is 7.98. The van der Waals surface area contributed by atoms with Crippen LogP contribution in [-0.2, 0) is 11.2 Å². The van der Waals surface area contributed by atoms with Gasteiger partial charge in [-0.25, -0.2) is 4.98 Å². The predicted octanol–water partition coefficient (Wildman–Crippen LogP) is 2.72. The highest BCUT2D eigenvalue weighted by molar-refractivity contribution is 7.12. The van der Waals surface area contributed by atoms with Gasteiger partial charge in [-0.2, -0.15) is 0 Å². The van der Waals surface area contributed by atoms with E-state index < -0.39 is 0 Å². The molecule has 0 aromatic carbocycles. The zero-order valence-corrected chi connectivity index (χ0v) is 15.3. The summed E-state index contributed by atoms with van der Waals surface area (Å²) in [4.78, 5) is 31.8. The van der Waals surface area contributed by atoms with Crippen molar-refractivity contribution in [1.29, 1.82) is 0 Å². The van der Waals surface area contributed by atoms with Crippen LogP contribution in [0.5, 0.6) is 0 Å². The second-order valence-corrected chi connectivity index (χ2v) is 7.98. The molecule has 1 aliphatic rings. The second kappa shape index (κ2) is 7.90. The van der Waals surface area contributed by atoms with Crippen LogP contribution in [0.25, 0.3) is 0 Å². The minimum atomic E-state index is -0.111. The van der Waals surface area contributed by atoms with E-state index in [1.807, 2.05) is 34.7 Å². The van der Waals surface area contributed by atoms with Gasteiger partial charge < -0.3 is 10.2 Å². The lowest BCUT2D eigenvalue weighted by Gasteiger charge is -2.31. The Hall–Kier alpha value is -1.73. The summed E-state index contributed by atoms with van der Waals surface area (Å²) in [5.74, 6) is -0.0223. The average molecular weight is 364 g/mol.